The van der Waals surface area contributed by atoms with Gasteiger partial charge >= 0.3 is 29.6 Å². The van der Waals surface area contributed by atoms with Crippen molar-refractivity contribution in [3.8, 4) is 5.75 Å². The van der Waals surface area contributed by atoms with Gasteiger partial charge in [0.1, 0.15) is 15.9 Å². The van der Waals surface area contributed by atoms with Crippen molar-refractivity contribution in [3.63, 3.8) is 0 Å². The van der Waals surface area contributed by atoms with E-state index in [0.29, 0.717) is 11.2 Å². The maximum atomic E-state index is 11.0. The van der Waals surface area contributed by atoms with Gasteiger partial charge in [0.25, 0.3) is 0 Å². The minimum Gasteiger partial charge on any atom is -0.744 e. The van der Waals surface area contributed by atoms with E-state index in [0.717, 1.165) is 31.0 Å². The summed E-state index contributed by atoms with van der Waals surface area (Å²) in [5, 5.41) is 17.0. The molecule has 0 radical (unpaired) electrons. The van der Waals surface area contributed by atoms with Crippen LogP contribution in [0.15, 0.2) is 28.2 Å². The second-order valence-corrected chi connectivity index (χ2v) is 7.14. The van der Waals surface area contributed by atoms with Gasteiger partial charge in [-0.3, -0.25) is 5.43 Å². The monoisotopic (exact) mass is 379 g/mol. The number of benzene rings is 1. The zero-order chi connectivity index (χ0) is 16.9. The number of nitrogens with one attached hydrogen (secondary N) is 2. The molecule has 0 saturated heterocycles. The Balaban J connectivity index is 0.00000288. The molecule has 24 heavy (non-hydrogen) atoms. The first-order valence-corrected chi connectivity index (χ1v) is 9.06. The number of phenolic OH excluding ortho intramolecular Hbond substituents is 1. The second kappa shape index (κ2) is 9.69. The molecule has 0 unspecified atom stereocenters. The van der Waals surface area contributed by atoms with E-state index < -0.39 is 15.0 Å². The van der Waals surface area contributed by atoms with Gasteiger partial charge in [0.2, 0.25) is 0 Å². The third-order valence-corrected chi connectivity index (χ3v) is 4.64. The predicted octanol–water partition coefficient (Wildman–Crippen LogP) is -1.57. The normalized spacial score (nSPS) is 15.7. The summed E-state index contributed by atoms with van der Waals surface area (Å²) in [6.07, 6.45) is 6.93. The fraction of sp³-hybridized carbons (Fsp3) is 0.429. The molecule has 1 aromatic carbocycles. The summed E-state index contributed by atoms with van der Waals surface area (Å²) in [5.41, 5.74) is 2.72. The van der Waals surface area contributed by atoms with Gasteiger partial charge in [-0.05, 0) is 43.3 Å². The number of rotatable bonds is 4. The first-order chi connectivity index (χ1) is 10.9. The van der Waals surface area contributed by atoms with E-state index in [1.54, 1.807) is 0 Å². The van der Waals surface area contributed by atoms with Crippen molar-refractivity contribution in [2.45, 2.75) is 43.0 Å². The molecule has 1 fully saturated rings. The largest absolute Gasteiger partial charge is 1.00 e. The van der Waals surface area contributed by atoms with Crippen LogP contribution in [-0.2, 0) is 10.1 Å². The molecule has 3 N–H and O–H groups in total. The van der Waals surface area contributed by atoms with Crippen LogP contribution >= 0.6 is 12.2 Å². The summed E-state index contributed by atoms with van der Waals surface area (Å²) in [5.74, 6) is -0.186. The number of hydrazone groups is 1. The first kappa shape index (κ1) is 21.3. The summed E-state index contributed by atoms with van der Waals surface area (Å²) in [7, 11) is -4.58. The van der Waals surface area contributed by atoms with Gasteiger partial charge in [0, 0.05) is 11.6 Å². The van der Waals surface area contributed by atoms with Gasteiger partial charge in [-0.25, -0.2) is 8.42 Å². The van der Waals surface area contributed by atoms with E-state index >= 15 is 0 Å². The Bertz CT molecular complexity index is 704. The molecule has 2 rings (SSSR count). The number of hydrogen-bond acceptors (Lipinski definition) is 6. The summed E-state index contributed by atoms with van der Waals surface area (Å²) in [4.78, 5) is -0.431. The van der Waals surface area contributed by atoms with Gasteiger partial charge in [-0.15, -0.1) is 0 Å². The zero-order valence-corrected chi connectivity index (χ0v) is 17.0. The molecule has 0 atom stereocenters. The van der Waals surface area contributed by atoms with Gasteiger partial charge in [-0.2, -0.15) is 5.10 Å². The van der Waals surface area contributed by atoms with Crippen LogP contribution in [0.4, 0.5) is 0 Å². The van der Waals surface area contributed by atoms with Crippen LogP contribution in [0.5, 0.6) is 5.75 Å². The Morgan fingerprint density at radius 2 is 2.00 bits per heavy atom. The average Bonchev–Trinajstić information content (AvgIpc) is 2.49. The van der Waals surface area contributed by atoms with E-state index in [-0.39, 0.29) is 40.9 Å². The Hall–Kier alpha value is -0.710. The van der Waals surface area contributed by atoms with Gasteiger partial charge in [-0.1, -0.05) is 19.3 Å². The summed E-state index contributed by atoms with van der Waals surface area (Å²) in [6, 6.07) is 3.56. The number of hydrogen-bond donors (Lipinski definition) is 3. The molecule has 10 heteroatoms. The number of nitrogens with zero attached hydrogens (tertiary/aromatic N) is 1. The molecular formula is C14H18N3NaO4S2. The molecule has 0 aliphatic heterocycles. The fourth-order valence-corrected chi connectivity index (χ4v) is 3.14. The van der Waals surface area contributed by atoms with E-state index in [1.165, 1.54) is 25.5 Å². The number of phenols is 1. The fourth-order valence-electron chi connectivity index (χ4n) is 2.42. The molecule has 1 aliphatic carbocycles. The maximum Gasteiger partial charge on any atom is 1.00 e. The molecule has 1 saturated carbocycles. The summed E-state index contributed by atoms with van der Waals surface area (Å²) in [6.45, 7) is 0. The second-order valence-electron chi connectivity index (χ2n) is 5.35. The minimum absolute atomic E-state index is 0. The molecule has 0 spiro atoms. The third kappa shape index (κ3) is 6.66. The molecule has 0 heterocycles. The molecule has 0 amide bonds. The van der Waals surface area contributed by atoms with Gasteiger partial charge < -0.3 is 15.0 Å². The van der Waals surface area contributed by atoms with Crippen molar-refractivity contribution < 1.29 is 47.6 Å². The molecule has 7 nitrogen and oxygen atoms in total. The smallest absolute Gasteiger partial charge is 0.744 e. The van der Waals surface area contributed by atoms with Crippen LogP contribution in [0.25, 0.3) is 0 Å². The Labute approximate surface area is 169 Å². The summed E-state index contributed by atoms with van der Waals surface area (Å²) < 4.78 is 32.9. The Morgan fingerprint density at radius 3 is 2.62 bits per heavy atom. The van der Waals surface area contributed by atoms with Crippen molar-refractivity contribution in [2.75, 3.05) is 0 Å². The molecule has 0 aromatic heterocycles. The van der Waals surface area contributed by atoms with Crippen molar-refractivity contribution in [2.24, 2.45) is 5.10 Å². The van der Waals surface area contributed by atoms with Crippen LogP contribution in [-0.4, -0.2) is 35.4 Å². The van der Waals surface area contributed by atoms with Crippen molar-refractivity contribution in [1.82, 2.24) is 10.7 Å². The first-order valence-electron chi connectivity index (χ1n) is 7.25. The number of aromatic hydroxyl groups is 1. The standard InChI is InChI=1S/C14H19N3O4S2.Na/c18-13-7-6-12(23(19,20)21)8-10(13)9-15-17-14(22)16-11-4-2-1-3-5-11;/h6-9,11,18H,1-5H2,(H2,16,17,22)(H,19,20,21);/q;+1/p-1/b15-9+;. The number of thiocarbonyl (C=S) groups is 1. The third-order valence-electron chi connectivity index (χ3n) is 3.60. The molecule has 1 aliphatic rings. The van der Waals surface area contributed by atoms with E-state index in [1.807, 2.05) is 0 Å². The Morgan fingerprint density at radius 1 is 1.33 bits per heavy atom. The van der Waals surface area contributed by atoms with Crippen LogP contribution in [0.3, 0.4) is 0 Å². The SMILES string of the molecule is O=S(=O)([O-])c1ccc(O)c(/C=N/NC(=S)NC2CCCCC2)c1.[Na+]. The van der Waals surface area contributed by atoms with Crippen molar-refractivity contribution in [3.05, 3.63) is 23.8 Å². The van der Waals surface area contributed by atoms with Crippen molar-refractivity contribution >= 4 is 33.7 Å². The molecule has 126 valence electrons. The van der Waals surface area contributed by atoms with Crippen LogP contribution in [0.1, 0.15) is 37.7 Å². The molecule has 1 aromatic rings. The molecular weight excluding hydrogens is 361 g/mol. The average molecular weight is 379 g/mol. The summed E-state index contributed by atoms with van der Waals surface area (Å²) >= 11 is 5.12. The zero-order valence-electron chi connectivity index (χ0n) is 13.4. The van der Waals surface area contributed by atoms with Gasteiger partial charge in [0.15, 0.2) is 5.11 Å². The molecule has 0 bridgehead atoms. The van der Waals surface area contributed by atoms with Crippen LogP contribution in [0.2, 0.25) is 0 Å². The van der Waals surface area contributed by atoms with Crippen LogP contribution < -0.4 is 40.3 Å². The maximum absolute atomic E-state index is 11.0. The predicted molar refractivity (Wildman–Crippen MR) is 89.4 cm³/mol. The quantitative estimate of drug-likeness (QED) is 0.190. The Kier molecular flexibility index (Phi) is 8.61. The topological polar surface area (TPSA) is 114 Å². The van der Waals surface area contributed by atoms with E-state index in [2.05, 4.69) is 15.8 Å². The van der Waals surface area contributed by atoms with Crippen LogP contribution in [0, 0.1) is 0 Å². The van der Waals surface area contributed by atoms with E-state index in [4.69, 9.17) is 12.2 Å². The van der Waals surface area contributed by atoms with Crippen molar-refractivity contribution in [1.29, 1.82) is 0 Å². The van der Waals surface area contributed by atoms with E-state index in [9.17, 15) is 18.1 Å². The minimum atomic E-state index is -4.58. The van der Waals surface area contributed by atoms with Gasteiger partial charge in [0.05, 0.1) is 11.1 Å².